The number of hydrogen-bond donors (Lipinski definition) is 2. The topological polar surface area (TPSA) is 55.1 Å². The van der Waals surface area contributed by atoms with Gasteiger partial charge in [0.25, 0.3) is 5.91 Å². The van der Waals surface area contributed by atoms with Gasteiger partial charge in [-0.05, 0) is 40.2 Å². The van der Waals surface area contributed by atoms with Crippen molar-refractivity contribution in [2.75, 3.05) is 11.9 Å². The maximum atomic E-state index is 12.0. The van der Waals surface area contributed by atoms with Crippen molar-refractivity contribution in [2.24, 2.45) is 5.73 Å². The molecule has 2 rings (SSSR count). The standard InChI is InChI=1S/C14H11BrN2OS/c15-13-8-11(9-19-13)14(18)17-12-5-1-3-10(7-12)4-2-6-16/h1,3,5,7-9H,6,16H2,(H,17,18). The van der Waals surface area contributed by atoms with E-state index >= 15 is 0 Å². The summed E-state index contributed by atoms with van der Waals surface area (Å²) in [5, 5.41) is 4.64. The summed E-state index contributed by atoms with van der Waals surface area (Å²) in [6.07, 6.45) is 0. The fraction of sp³-hybridized carbons (Fsp3) is 0.0714. The average molecular weight is 335 g/mol. The maximum absolute atomic E-state index is 12.0. The molecule has 0 bridgehead atoms. The van der Waals surface area contributed by atoms with Crippen molar-refractivity contribution < 1.29 is 4.79 Å². The second-order valence-electron chi connectivity index (χ2n) is 3.68. The molecule has 0 saturated heterocycles. The van der Waals surface area contributed by atoms with Gasteiger partial charge < -0.3 is 11.1 Å². The molecule has 0 radical (unpaired) electrons. The molecule has 0 fully saturated rings. The molecule has 0 aliphatic carbocycles. The number of hydrogen-bond acceptors (Lipinski definition) is 3. The van der Waals surface area contributed by atoms with Crippen molar-refractivity contribution in [3.63, 3.8) is 0 Å². The van der Waals surface area contributed by atoms with E-state index in [9.17, 15) is 4.79 Å². The fourth-order valence-corrected chi connectivity index (χ4v) is 2.60. The zero-order valence-corrected chi connectivity index (χ0v) is 12.3. The molecule has 1 heterocycles. The highest BCUT2D eigenvalue weighted by Crippen LogP contribution is 2.21. The van der Waals surface area contributed by atoms with Crippen LogP contribution >= 0.6 is 27.3 Å². The summed E-state index contributed by atoms with van der Waals surface area (Å²) in [4.78, 5) is 12.0. The van der Waals surface area contributed by atoms with Gasteiger partial charge in [0, 0.05) is 16.6 Å². The van der Waals surface area contributed by atoms with Crippen LogP contribution in [0.25, 0.3) is 0 Å². The van der Waals surface area contributed by atoms with E-state index in [-0.39, 0.29) is 5.91 Å². The van der Waals surface area contributed by atoms with Gasteiger partial charge in [-0.3, -0.25) is 4.79 Å². The zero-order valence-electron chi connectivity index (χ0n) is 9.94. The summed E-state index contributed by atoms with van der Waals surface area (Å²) in [5.74, 6) is 5.58. The van der Waals surface area contributed by atoms with Crippen LogP contribution in [0.15, 0.2) is 39.5 Å². The Labute approximate surface area is 124 Å². The van der Waals surface area contributed by atoms with Gasteiger partial charge in [-0.25, -0.2) is 0 Å². The van der Waals surface area contributed by atoms with Crippen LogP contribution in [0.4, 0.5) is 5.69 Å². The molecule has 0 aliphatic heterocycles. The lowest BCUT2D eigenvalue weighted by Crippen LogP contribution is -2.10. The van der Waals surface area contributed by atoms with E-state index in [1.807, 2.05) is 24.3 Å². The lowest BCUT2D eigenvalue weighted by atomic mass is 10.2. The van der Waals surface area contributed by atoms with Gasteiger partial charge in [-0.15, -0.1) is 11.3 Å². The smallest absolute Gasteiger partial charge is 0.256 e. The summed E-state index contributed by atoms with van der Waals surface area (Å²) in [6.45, 7) is 0.319. The summed E-state index contributed by atoms with van der Waals surface area (Å²) < 4.78 is 0.931. The van der Waals surface area contributed by atoms with Crippen LogP contribution in [0, 0.1) is 11.8 Å². The molecule has 0 unspecified atom stereocenters. The largest absolute Gasteiger partial charge is 0.322 e. The number of rotatable bonds is 2. The van der Waals surface area contributed by atoms with E-state index in [1.165, 1.54) is 11.3 Å². The highest BCUT2D eigenvalue weighted by Gasteiger charge is 2.08. The van der Waals surface area contributed by atoms with Gasteiger partial charge in [0.05, 0.1) is 15.9 Å². The SMILES string of the molecule is NCC#Cc1cccc(NC(=O)c2csc(Br)c2)c1. The number of halogens is 1. The van der Waals surface area contributed by atoms with Crippen molar-refractivity contribution in [3.8, 4) is 11.8 Å². The number of nitrogens with two attached hydrogens (primary N) is 1. The normalized spacial score (nSPS) is 9.58. The van der Waals surface area contributed by atoms with Crippen molar-refractivity contribution in [1.29, 1.82) is 0 Å². The van der Waals surface area contributed by atoms with E-state index in [1.54, 1.807) is 11.4 Å². The predicted octanol–water partition coefficient (Wildman–Crippen LogP) is 3.07. The van der Waals surface area contributed by atoms with Crippen molar-refractivity contribution >= 4 is 38.9 Å². The van der Waals surface area contributed by atoms with E-state index in [2.05, 4.69) is 33.1 Å². The highest BCUT2D eigenvalue weighted by atomic mass is 79.9. The minimum atomic E-state index is -0.133. The van der Waals surface area contributed by atoms with Gasteiger partial charge in [0.1, 0.15) is 0 Å². The molecule has 0 atom stereocenters. The first-order valence-corrected chi connectivity index (χ1v) is 7.20. The van der Waals surface area contributed by atoms with E-state index in [4.69, 9.17) is 5.73 Å². The zero-order chi connectivity index (χ0) is 13.7. The number of carbonyl (C=O) groups excluding carboxylic acids is 1. The molecule has 19 heavy (non-hydrogen) atoms. The number of benzene rings is 1. The molecule has 96 valence electrons. The van der Waals surface area contributed by atoms with Crippen molar-refractivity contribution in [1.82, 2.24) is 0 Å². The van der Waals surface area contributed by atoms with Gasteiger partial charge >= 0.3 is 0 Å². The molecule has 1 amide bonds. The quantitative estimate of drug-likeness (QED) is 0.829. The Morgan fingerprint density at radius 3 is 2.95 bits per heavy atom. The number of anilines is 1. The fourth-order valence-electron chi connectivity index (χ4n) is 1.46. The van der Waals surface area contributed by atoms with Gasteiger partial charge in [-0.1, -0.05) is 17.9 Å². The van der Waals surface area contributed by atoms with Crippen LogP contribution < -0.4 is 11.1 Å². The average Bonchev–Trinajstić information content (AvgIpc) is 2.83. The first-order chi connectivity index (χ1) is 9.19. The lowest BCUT2D eigenvalue weighted by Gasteiger charge is -2.03. The van der Waals surface area contributed by atoms with Gasteiger partial charge in [0.15, 0.2) is 0 Å². The second-order valence-corrected chi connectivity index (χ2v) is 5.97. The molecule has 0 aliphatic rings. The molecule has 3 nitrogen and oxygen atoms in total. The first kappa shape index (κ1) is 13.8. The number of nitrogens with one attached hydrogen (secondary N) is 1. The minimum Gasteiger partial charge on any atom is -0.322 e. The third-order valence-corrected chi connectivity index (χ3v) is 3.79. The Hall–Kier alpha value is -1.61. The summed E-state index contributed by atoms with van der Waals surface area (Å²) >= 11 is 4.81. The molecule has 1 aromatic heterocycles. The Morgan fingerprint density at radius 2 is 2.26 bits per heavy atom. The molecular formula is C14H11BrN2OS. The molecule has 0 saturated carbocycles. The van der Waals surface area contributed by atoms with Crippen LogP contribution in [0.1, 0.15) is 15.9 Å². The molecule has 1 aromatic carbocycles. The Balaban J connectivity index is 2.13. The van der Waals surface area contributed by atoms with E-state index < -0.39 is 0 Å². The van der Waals surface area contributed by atoms with Crippen LogP contribution in [0.5, 0.6) is 0 Å². The summed E-state index contributed by atoms with van der Waals surface area (Å²) in [7, 11) is 0. The van der Waals surface area contributed by atoms with Crippen LogP contribution in [0.2, 0.25) is 0 Å². The third kappa shape index (κ3) is 3.93. The van der Waals surface area contributed by atoms with Crippen LogP contribution in [0.3, 0.4) is 0 Å². The van der Waals surface area contributed by atoms with Crippen molar-refractivity contribution in [2.45, 2.75) is 0 Å². The van der Waals surface area contributed by atoms with Crippen molar-refractivity contribution in [3.05, 3.63) is 50.6 Å². The lowest BCUT2D eigenvalue weighted by molar-refractivity contribution is 0.102. The second kappa shape index (κ2) is 6.53. The number of thiophene rings is 1. The molecule has 5 heteroatoms. The van der Waals surface area contributed by atoms with Gasteiger partial charge in [-0.2, -0.15) is 0 Å². The van der Waals surface area contributed by atoms with E-state index in [0.29, 0.717) is 12.1 Å². The summed E-state index contributed by atoms with van der Waals surface area (Å²) in [6, 6.07) is 9.16. The maximum Gasteiger partial charge on any atom is 0.256 e. The summed E-state index contributed by atoms with van der Waals surface area (Å²) in [5.41, 5.74) is 7.51. The van der Waals surface area contributed by atoms with Crippen LogP contribution in [-0.2, 0) is 0 Å². The van der Waals surface area contributed by atoms with E-state index in [0.717, 1.165) is 15.0 Å². The minimum absolute atomic E-state index is 0.133. The highest BCUT2D eigenvalue weighted by molar-refractivity contribution is 9.11. The monoisotopic (exact) mass is 334 g/mol. The van der Waals surface area contributed by atoms with Gasteiger partial charge in [0.2, 0.25) is 0 Å². The predicted molar refractivity (Wildman–Crippen MR) is 82.3 cm³/mol. The number of amides is 1. The van der Waals surface area contributed by atoms with Crippen LogP contribution in [-0.4, -0.2) is 12.5 Å². The Kier molecular flexibility index (Phi) is 4.74. The third-order valence-electron chi connectivity index (χ3n) is 2.28. The molecule has 2 aromatic rings. The Morgan fingerprint density at radius 1 is 1.42 bits per heavy atom. The first-order valence-electron chi connectivity index (χ1n) is 5.53. The Bertz CT molecular complexity index is 655. The number of carbonyl (C=O) groups is 1. The molecular weight excluding hydrogens is 324 g/mol. The molecule has 3 N–H and O–H groups in total. The molecule has 0 spiro atoms.